The van der Waals surface area contributed by atoms with Gasteiger partial charge in [-0.2, -0.15) is 0 Å². The molecule has 1 unspecified atom stereocenters. The quantitative estimate of drug-likeness (QED) is 0.650. The van der Waals surface area contributed by atoms with Crippen LogP contribution in [0.25, 0.3) is 0 Å². The third kappa shape index (κ3) is 6.42. The van der Waals surface area contributed by atoms with Crippen LogP contribution in [-0.2, 0) is 0 Å². The van der Waals surface area contributed by atoms with Gasteiger partial charge in [0, 0.05) is 5.54 Å². The Hall–Kier alpha value is -0.0151. The summed E-state index contributed by atoms with van der Waals surface area (Å²) in [7, 11) is 2.46. The van der Waals surface area contributed by atoms with Gasteiger partial charge in [0.25, 0.3) is 0 Å². The minimum Gasteiger partial charge on any atom is -0.306 e. The Bertz CT molecular complexity index is 340. The Balaban J connectivity index is 2.63. The molecular formula is C20H43BN2. The van der Waals surface area contributed by atoms with Gasteiger partial charge in [-0.3, -0.25) is 4.90 Å². The second kappa shape index (κ2) is 8.38. The van der Waals surface area contributed by atoms with E-state index in [1.165, 1.54) is 64.7 Å². The topological polar surface area (TPSA) is 6.48 Å². The average Bonchev–Trinajstić information content (AvgIpc) is 2.36. The van der Waals surface area contributed by atoms with Crippen molar-refractivity contribution in [2.24, 2.45) is 5.41 Å². The lowest BCUT2D eigenvalue weighted by atomic mass is 9.66. The van der Waals surface area contributed by atoms with Crippen molar-refractivity contribution in [2.45, 2.75) is 98.0 Å². The zero-order chi connectivity index (χ0) is 17.7. The molecule has 23 heavy (non-hydrogen) atoms. The van der Waals surface area contributed by atoms with Gasteiger partial charge in [0.1, 0.15) is 7.85 Å². The normalized spacial score (nSPS) is 22.4. The van der Waals surface area contributed by atoms with Crippen LogP contribution in [0.15, 0.2) is 0 Å². The van der Waals surface area contributed by atoms with Gasteiger partial charge in [0.2, 0.25) is 0 Å². The van der Waals surface area contributed by atoms with Gasteiger partial charge >= 0.3 is 0 Å². The van der Waals surface area contributed by atoms with Crippen LogP contribution in [0.2, 0.25) is 0 Å². The highest BCUT2D eigenvalue weighted by Crippen LogP contribution is 2.33. The lowest BCUT2D eigenvalue weighted by Gasteiger charge is -2.47. The van der Waals surface area contributed by atoms with Crippen molar-refractivity contribution in [3.05, 3.63) is 0 Å². The fourth-order valence-corrected chi connectivity index (χ4v) is 4.52. The number of nitrogens with zero attached hydrogens (tertiary/aromatic N) is 2. The number of rotatable bonds is 7. The van der Waals surface area contributed by atoms with Crippen molar-refractivity contribution in [2.75, 3.05) is 26.2 Å². The maximum Gasteiger partial charge on any atom is 0.127 e. The fourth-order valence-electron chi connectivity index (χ4n) is 4.52. The van der Waals surface area contributed by atoms with Crippen LogP contribution in [-0.4, -0.2) is 54.8 Å². The zero-order valence-corrected chi connectivity index (χ0v) is 17.5. The maximum atomic E-state index is 2.77. The third-order valence-electron chi connectivity index (χ3n) is 6.15. The predicted octanol–water partition coefficient (Wildman–Crippen LogP) is 4.14. The first-order valence-corrected chi connectivity index (χ1v) is 10.0. The highest BCUT2D eigenvalue weighted by atomic mass is 15.2. The Kier molecular flexibility index (Phi) is 7.66. The van der Waals surface area contributed by atoms with E-state index in [0.29, 0.717) is 16.4 Å². The van der Waals surface area contributed by atoms with Crippen molar-refractivity contribution < 1.29 is 0 Å². The largest absolute Gasteiger partial charge is 0.306 e. The van der Waals surface area contributed by atoms with E-state index in [1.54, 1.807) is 0 Å². The highest BCUT2D eigenvalue weighted by molar-refractivity contribution is 6.15. The Morgan fingerprint density at radius 3 is 1.74 bits per heavy atom. The van der Waals surface area contributed by atoms with Gasteiger partial charge in [0.05, 0.1) is 0 Å². The molecule has 1 aliphatic rings. The van der Waals surface area contributed by atoms with E-state index in [0.717, 1.165) is 0 Å². The molecule has 1 saturated heterocycles. The lowest BCUT2D eigenvalue weighted by Crippen LogP contribution is -2.54. The smallest absolute Gasteiger partial charge is 0.127 e. The standard InChI is InChI=1S/C20H43BN2/c1-8-12-19(5,6)22-13-10-15-23(16-11-14-22)20(7,21)17-18(3,4)9-2/h8-17,21H2,1-7H3. The summed E-state index contributed by atoms with van der Waals surface area (Å²) in [6.45, 7) is 21.9. The molecule has 2 nitrogen and oxygen atoms in total. The van der Waals surface area contributed by atoms with Gasteiger partial charge in [-0.15, -0.1) is 0 Å². The predicted molar refractivity (Wildman–Crippen MR) is 107 cm³/mol. The number of hydrogen-bond acceptors (Lipinski definition) is 2. The van der Waals surface area contributed by atoms with Crippen molar-refractivity contribution in [1.82, 2.24) is 9.80 Å². The molecule has 136 valence electrons. The summed E-state index contributed by atoms with van der Waals surface area (Å²) >= 11 is 0. The minimum atomic E-state index is 0.320. The van der Waals surface area contributed by atoms with Crippen molar-refractivity contribution >= 4 is 7.85 Å². The second-order valence-corrected chi connectivity index (χ2v) is 9.75. The van der Waals surface area contributed by atoms with Crippen LogP contribution in [0.1, 0.15) is 87.0 Å². The molecule has 0 amide bonds. The van der Waals surface area contributed by atoms with Crippen molar-refractivity contribution in [3.63, 3.8) is 0 Å². The zero-order valence-electron chi connectivity index (χ0n) is 17.5. The van der Waals surface area contributed by atoms with Crippen molar-refractivity contribution in [1.29, 1.82) is 0 Å². The Labute approximate surface area is 147 Å². The summed E-state index contributed by atoms with van der Waals surface area (Å²) in [5, 5.41) is 0. The van der Waals surface area contributed by atoms with Crippen LogP contribution >= 0.6 is 0 Å². The second-order valence-electron chi connectivity index (χ2n) is 9.75. The van der Waals surface area contributed by atoms with Gasteiger partial charge < -0.3 is 4.90 Å². The summed E-state index contributed by atoms with van der Waals surface area (Å²) in [5.41, 5.74) is 1.14. The first kappa shape index (κ1) is 21.0. The van der Waals surface area contributed by atoms with Gasteiger partial charge in [-0.1, -0.05) is 47.5 Å². The first-order chi connectivity index (χ1) is 10.5. The van der Waals surface area contributed by atoms with E-state index in [4.69, 9.17) is 0 Å². The molecule has 0 aromatic rings. The molecule has 0 aromatic heterocycles. The minimum absolute atomic E-state index is 0.320. The molecule has 0 radical (unpaired) electrons. The summed E-state index contributed by atoms with van der Waals surface area (Å²) in [5.74, 6) is 0. The van der Waals surface area contributed by atoms with Crippen molar-refractivity contribution in [3.8, 4) is 0 Å². The van der Waals surface area contributed by atoms with E-state index >= 15 is 0 Å². The Morgan fingerprint density at radius 2 is 1.30 bits per heavy atom. The third-order valence-corrected chi connectivity index (χ3v) is 6.15. The van der Waals surface area contributed by atoms with E-state index in [9.17, 15) is 0 Å². The monoisotopic (exact) mass is 322 g/mol. The van der Waals surface area contributed by atoms with Gasteiger partial charge in [0.15, 0.2) is 0 Å². The SMILES string of the molecule is BC(C)(CC(C)(C)CC)N1CCCN(C(C)(C)CCC)CCC1. The highest BCUT2D eigenvalue weighted by Gasteiger charge is 2.34. The van der Waals surface area contributed by atoms with E-state index in [-0.39, 0.29) is 0 Å². The van der Waals surface area contributed by atoms with E-state index in [2.05, 4.69) is 66.1 Å². The van der Waals surface area contributed by atoms with E-state index in [1.807, 2.05) is 0 Å². The summed E-state index contributed by atoms with van der Waals surface area (Å²) in [6, 6.07) is 0. The summed E-state index contributed by atoms with van der Waals surface area (Å²) in [6.07, 6.45) is 7.78. The average molecular weight is 322 g/mol. The lowest BCUT2D eigenvalue weighted by molar-refractivity contribution is 0.0562. The fraction of sp³-hybridized carbons (Fsp3) is 1.00. The molecule has 0 bridgehead atoms. The molecule has 1 heterocycles. The molecule has 1 aliphatic heterocycles. The summed E-state index contributed by atoms with van der Waals surface area (Å²) < 4.78 is 0. The molecule has 0 saturated carbocycles. The van der Waals surface area contributed by atoms with Crippen LogP contribution < -0.4 is 0 Å². The summed E-state index contributed by atoms with van der Waals surface area (Å²) in [4.78, 5) is 5.52. The van der Waals surface area contributed by atoms with Crippen LogP contribution in [0.3, 0.4) is 0 Å². The van der Waals surface area contributed by atoms with Crippen LogP contribution in [0.4, 0.5) is 0 Å². The van der Waals surface area contributed by atoms with Gasteiger partial charge in [-0.25, -0.2) is 0 Å². The molecule has 0 aliphatic carbocycles. The molecule has 0 aromatic carbocycles. The molecule has 1 rings (SSSR count). The molecule has 3 heteroatoms. The molecule has 0 spiro atoms. The van der Waals surface area contributed by atoms with E-state index < -0.39 is 0 Å². The molecular weight excluding hydrogens is 279 g/mol. The maximum absolute atomic E-state index is 2.77. The first-order valence-electron chi connectivity index (χ1n) is 10.0. The Morgan fingerprint density at radius 1 is 0.826 bits per heavy atom. The molecule has 0 N–H and O–H groups in total. The van der Waals surface area contributed by atoms with Crippen LogP contribution in [0, 0.1) is 5.41 Å². The molecule has 1 fully saturated rings. The molecule has 1 atom stereocenters. The number of hydrogen-bond donors (Lipinski definition) is 0. The van der Waals surface area contributed by atoms with Crippen LogP contribution in [0.5, 0.6) is 0 Å². The van der Waals surface area contributed by atoms with Gasteiger partial charge in [-0.05, 0) is 76.6 Å².